The first-order valence-corrected chi connectivity index (χ1v) is 11.6. The SMILES string of the molecule is CCOCCCNC(=NCc1nnc(C)n1C)NC[C@H]1CCCN1S(C)(=O)=O. The number of sulfonamides is 1. The Labute approximate surface area is 167 Å². The van der Waals surface area contributed by atoms with E-state index in [0.717, 1.165) is 30.9 Å². The van der Waals surface area contributed by atoms with E-state index in [1.165, 1.54) is 6.26 Å². The second kappa shape index (κ2) is 10.7. The number of guanidine groups is 1. The van der Waals surface area contributed by atoms with Crippen LogP contribution in [0.25, 0.3) is 0 Å². The van der Waals surface area contributed by atoms with Crippen molar-refractivity contribution in [3.63, 3.8) is 0 Å². The summed E-state index contributed by atoms with van der Waals surface area (Å²) in [6.45, 7) is 7.45. The molecule has 2 N–H and O–H groups in total. The van der Waals surface area contributed by atoms with Crippen molar-refractivity contribution >= 4 is 16.0 Å². The quantitative estimate of drug-likeness (QED) is 0.314. The summed E-state index contributed by atoms with van der Waals surface area (Å²) in [7, 11) is -1.28. The van der Waals surface area contributed by atoms with Gasteiger partial charge in [-0.15, -0.1) is 10.2 Å². The lowest BCUT2D eigenvalue weighted by Crippen LogP contribution is -2.46. The van der Waals surface area contributed by atoms with Gasteiger partial charge in [0.15, 0.2) is 11.8 Å². The highest BCUT2D eigenvalue weighted by atomic mass is 32.2. The highest BCUT2D eigenvalue weighted by molar-refractivity contribution is 7.88. The number of aliphatic imine (C=N–C) groups is 1. The van der Waals surface area contributed by atoms with Crippen molar-refractivity contribution in [3.05, 3.63) is 11.6 Å². The van der Waals surface area contributed by atoms with Gasteiger partial charge in [-0.3, -0.25) is 0 Å². The molecule has 0 aliphatic carbocycles. The van der Waals surface area contributed by atoms with Gasteiger partial charge in [-0.2, -0.15) is 4.31 Å². The second-order valence-corrected chi connectivity index (χ2v) is 8.85. The normalized spacial score (nSPS) is 18.6. The Hall–Kier alpha value is -1.72. The van der Waals surface area contributed by atoms with Gasteiger partial charge in [0.05, 0.1) is 6.26 Å². The number of nitrogens with zero attached hydrogens (tertiary/aromatic N) is 5. The van der Waals surface area contributed by atoms with Crippen molar-refractivity contribution in [2.45, 2.75) is 45.7 Å². The van der Waals surface area contributed by atoms with Gasteiger partial charge in [0.25, 0.3) is 0 Å². The monoisotopic (exact) mass is 415 g/mol. The molecule has 1 aliphatic heterocycles. The van der Waals surface area contributed by atoms with Gasteiger partial charge in [-0.25, -0.2) is 13.4 Å². The zero-order chi connectivity index (χ0) is 20.6. The van der Waals surface area contributed by atoms with Gasteiger partial charge < -0.3 is 19.9 Å². The zero-order valence-electron chi connectivity index (χ0n) is 17.3. The maximum absolute atomic E-state index is 11.9. The molecule has 0 unspecified atom stereocenters. The predicted molar refractivity (Wildman–Crippen MR) is 109 cm³/mol. The Balaban J connectivity index is 1.96. The van der Waals surface area contributed by atoms with Crippen molar-refractivity contribution < 1.29 is 13.2 Å². The lowest BCUT2D eigenvalue weighted by Gasteiger charge is -2.23. The van der Waals surface area contributed by atoms with Crippen LogP contribution in [-0.2, 0) is 28.4 Å². The van der Waals surface area contributed by atoms with Gasteiger partial charge >= 0.3 is 0 Å². The van der Waals surface area contributed by atoms with Crippen LogP contribution in [0, 0.1) is 6.92 Å². The van der Waals surface area contributed by atoms with E-state index in [-0.39, 0.29) is 6.04 Å². The van der Waals surface area contributed by atoms with E-state index >= 15 is 0 Å². The fourth-order valence-electron chi connectivity index (χ4n) is 3.10. The largest absolute Gasteiger partial charge is 0.382 e. The number of hydrogen-bond acceptors (Lipinski definition) is 6. The van der Waals surface area contributed by atoms with Crippen LogP contribution in [0.1, 0.15) is 37.8 Å². The molecule has 1 aromatic rings. The number of nitrogens with one attached hydrogen (secondary N) is 2. The molecule has 1 aliphatic rings. The summed E-state index contributed by atoms with van der Waals surface area (Å²) < 4.78 is 32.7. The number of ether oxygens (including phenoxy) is 1. The fourth-order valence-corrected chi connectivity index (χ4v) is 4.28. The first-order valence-electron chi connectivity index (χ1n) is 9.74. The molecule has 160 valence electrons. The number of aromatic nitrogens is 3. The van der Waals surface area contributed by atoms with Crippen LogP contribution in [0.5, 0.6) is 0 Å². The molecular formula is C17H33N7O3S. The third-order valence-electron chi connectivity index (χ3n) is 4.78. The topological polar surface area (TPSA) is 114 Å². The molecule has 0 spiro atoms. The lowest BCUT2D eigenvalue weighted by molar-refractivity contribution is 0.145. The first kappa shape index (κ1) is 22.6. The standard InChI is InChI=1S/C17H33N7O3S/c1-5-27-11-7-9-18-17(20-13-16-22-21-14(2)23(16)3)19-12-15-8-6-10-24(15)28(4,25)26/h15H,5-13H2,1-4H3,(H2,18,19,20)/t15-/m1/s1. The van der Waals surface area contributed by atoms with Crippen LogP contribution in [0.2, 0.25) is 0 Å². The Morgan fingerprint density at radius 3 is 2.79 bits per heavy atom. The van der Waals surface area contributed by atoms with E-state index in [2.05, 4.69) is 25.8 Å². The molecule has 1 aromatic heterocycles. The molecule has 2 heterocycles. The maximum Gasteiger partial charge on any atom is 0.211 e. The minimum atomic E-state index is -3.19. The van der Waals surface area contributed by atoms with Gasteiger partial charge in [0.2, 0.25) is 10.0 Å². The molecule has 1 saturated heterocycles. The molecule has 2 rings (SSSR count). The van der Waals surface area contributed by atoms with Crippen molar-refractivity contribution in [3.8, 4) is 0 Å². The summed E-state index contributed by atoms with van der Waals surface area (Å²) in [5, 5.41) is 14.8. The van der Waals surface area contributed by atoms with E-state index in [1.807, 2.05) is 25.5 Å². The lowest BCUT2D eigenvalue weighted by atomic mass is 10.2. The molecule has 11 heteroatoms. The van der Waals surface area contributed by atoms with Crippen molar-refractivity contribution in [2.75, 3.05) is 39.1 Å². The maximum atomic E-state index is 11.9. The van der Waals surface area contributed by atoms with Crippen molar-refractivity contribution in [1.29, 1.82) is 0 Å². The summed E-state index contributed by atoms with van der Waals surface area (Å²) in [5.74, 6) is 2.24. The molecule has 0 radical (unpaired) electrons. The number of aryl methyl sites for hydroxylation is 1. The van der Waals surface area contributed by atoms with Crippen LogP contribution in [0.15, 0.2) is 4.99 Å². The first-order chi connectivity index (χ1) is 13.3. The molecular weight excluding hydrogens is 382 g/mol. The van der Waals surface area contributed by atoms with Crippen LogP contribution in [-0.4, -0.2) is 78.6 Å². The number of hydrogen-bond donors (Lipinski definition) is 2. The van der Waals surface area contributed by atoms with Crippen LogP contribution in [0.3, 0.4) is 0 Å². The van der Waals surface area contributed by atoms with Gasteiger partial charge in [0.1, 0.15) is 12.4 Å². The van der Waals surface area contributed by atoms with Gasteiger partial charge in [-0.05, 0) is 33.1 Å². The fraction of sp³-hybridized carbons (Fsp3) is 0.824. The summed E-state index contributed by atoms with van der Waals surface area (Å²) in [6.07, 6.45) is 3.85. The van der Waals surface area contributed by atoms with Crippen molar-refractivity contribution in [1.82, 2.24) is 29.7 Å². The summed E-state index contributed by atoms with van der Waals surface area (Å²) in [5.41, 5.74) is 0. The third kappa shape index (κ3) is 6.71. The average molecular weight is 416 g/mol. The molecule has 0 aromatic carbocycles. The highest BCUT2D eigenvalue weighted by Crippen LogP contribution is 2.19. The van der Waals surface area contributed by atoms with E-state index in [0.29, 0.717) is 45.4 Å². The smallest absolute Gasteiger partial charge is 0.211 e. The zero-order valence-corrected chi connectivity index (χ0v) is 18.1. The number of rotatable bonds is 10. The predicted octanol–water partition coefficient (Wildman–Crippen LogP) is 0.00932. The van der Waals surface area contributed by atoms with Crippen LogP contribution < -0.4 is 10.6 Å². The second-order valence-electron chi connectivity index (χ2n) is 6.92. The molecule has 1 atom stereocenters. The molecule has 0 amide bonds. The van der Waals surface area contributed by atoms with Gasteiger partial charge in [-0.1, -0.05) is 0 Å². The Bertz CT molecular complexity index is 748. The summed E-state index contributed by atoms with van der Waals surface area (Å²) >= 11 is 0. The van der Waals surface area contributed by atoms with E-state index < -0.39 is 10.0 Å². The Kier molecular flexibility index (Phi) is 8.64. The van der Waals surface area contributed by atoms with E-state index in [4.69, 9.17) is 4.74 Å². The average Bonchev–Trinajstić information content (AvgIpc) is 3.24. The minimum absolute atomic E-state index is 0.0532. The van der Waals surface area contributed by atoms with Crippen molar-refractivity contribution in [2.24, 2.45) is 12.0 Å². The summed E-state index contributed by atoms with van der Waals surface area (Å²) in [4.78, 5) is 4.60. The molecule has 10 nitrogen and oxygen atoms in total. The molecule has 28 heavy (non-hydrogen) atoms. The Morgan fingerprint density at radius 1 is 1.36 bits per heavy atom. The van der Waals surface area contributed by atoms with Crippen LogP contribution in [0.4, 0.5) is 0 Å². The summed E-state index contributed by atoms with van der Waals surface area (Å²) in [6, 6.07) is -0.0532. The third-order valence-corrected chi connectivity index (χ3v) is 6.11. The van der Waals surface area contributed by atoms with E-state index in [1.54, 1.807) is 4.31 Å². The molecule has 0 saturated carbocycles. The molecule has 1 fully saturated rings. The minimum Gasteiger partial charge on any atom is -0.382 e. The van der Waals surface area contributed by atoms with Crippen LogP contribution >= 0.6 is 0 Å². The van der Waals surface area contributed by atoms with E-state index in [9.17, 15) is 8.42 Å². The Morgan fingerprint density at radius 2 is 2.14 bits per heavy atom. The highest BCUT2D eigenvalue weighted by Gasteiger charge is 2.31. The molecule has 0 bridgehead atoms. The van der Waals surface area contributed by atoms with Gasteiger partial charge in [0, 0.05) is 45.9 Å².